The highest BCUT2D eigenvalue weighted by Gasteiger charge is 2.35. The number of nitrogens with zero attached hydrogens (tertiary/aromatic N) is 2. The molecule has 1 aromatic heterocycles. The second kappa shape index (κ2) is 6.89. The Labute approximate surface area is 128 Å². The number of carbonyl (C=O) groups excluding carboxylic acids is 2. The molecule has 0 aromatic carbocycles. The van der Waals surface area contributed by atoms with Crippen molar-refractivity contribution in [1.29, 1.82) is 0 Å². The first-order chi connectivity index (χ1) is 10.0. The summed E-state index contributed by atoms with van der Waals surface area (Å²) in [6.07, 6.45) is 2.00. The molecule has 1 aromatic rings. The molecule has 1 atom stereocenters. The summed E-state index contributed by atoms with van der Waals surface area (Å²) in [6.45, 7) is 4.24. The molecule has 116 valence electrons. The molecule has 1 N–H and O–H groups in total. The largest absolute Gasteiger partial charge is 0.467 e. The minimum atomic E-state index is -0.626. The van der Waals surface area contributed by atoms with E-state index in [9.17, 15) is 9.59 Å². The number of urea groups is 1. The zero-order valence-electron chi connectivity index (χ0n) is 12.5. The molecule has 0 saturated heterocycles. The second-order valence-corrected chi connectivity index (χ2v) is 6.25. The Kier molecular flexibility index (Phi) is 5.17. The van der Waals surface area contributed by atoms with Gasteiger partial charge in [0.15, 0.2) is 0 Å². The van der Waals surface area contributed by atoms with E-state index in [1.54, 1.807) is 10.4 Å². The fourth-order valence-corrected chi connectivity index (χ4v) is 2.63. The third-order valence-electron chi connectivity index (χ3n) is 3.47. The van der Waals surface area contributed by atoms with E-state index in [2.05, 4.69) is 10.3 Å². The number of hydrogen-bond acceptors (Lipinski definition) is 5. The van der Waals surface area contributed by atoms with E-state index < -0.39 is 12.0 Å². The summed E-state index contributed by atoms with van der Waals surface area (Å²) in [5.41, 5.74) is 2.63. The molecular formula is C14H21N3O3S. The third kappa shape index (κ3) is 4.17. The van der Waals surface area contributed by atoms with Gasteiger partial charge in [0.05, 0.1) is 24.9 Å². The van der Waals surface area contributed by atoms with Gasteiger partial charge in [0.25, 0.3) is 0 Å². The Balaban J connectivity index is 2.02. The van der Waals surface area contributed by atoms with Crippen LogP contribution < -0.4 is 5.32 Å². The van der Waals surface area contributed by atoms with Crippen LogP contribution in [0.2, 0.25) is 0 Å². The molecule has 6 nitrogen and oxygen atoms in total. The second-order valence-electron chi connectivity index (χ2n) is 5.53. The van der Waals surface area contributed by atoms with Crippen molar-refractivity contribution < 1.29 is 14.3 Å². The number of amides is 2. The Morgan fingerprint density at radius 3 is 2.71 bits per heavy atom. The summed E-state index contributed by atoms with van der Waals surface area (Å²) in [5.74, 6) is -0.440. The molecule has 7 heteroatoms. The third-order valence-corrected chi connectivity index (χ3v) is 4.10. The van der Waals surface area contributed by atoms with E-state index in [1.807, 2.05) is 19.2 Å². The van der Waals surface area contributed by atoms with Crippen LogP contribution in [-0.2, 0) is 16.1 Å². The number of ether oxygens (including phenoxy) is 1. The minimum Gasteiger partial charge on any atom is -0.467 e. The number of methoxy groups -OCH3 is 1. The van der Waals surface area contributed by atoms with E-state index in [-0.39, 0.29) is 18.0 Å². The SMILES string of the molecule is COC(=O)[C@@H](NC(=O)N(Cc1cscn1)C1CC1)C(C)C. The molecule has 1 heterocycles. The molecule has 1 aliphatic carbocycles. The van der Waals surface area contributed by atoms with Crippen molar-refractivity contribution >= 4 is 23.3 Å². The zero-order chi connectivity index (χ0) is 15.4. The lowest BCUT2D eigenvalue weighted by Gasteiger charge is -2.26. The Morgan fingerprint density at radius 2 is 2.24 bits per heavy atom. The molecule has 2 amide bonds. The van der Waals surface area contributed by atoms with Gasteiger partial charge in [0, 0.05) is 11.4 Å². The maximum absolute atomic E-state index is 12.5. The van der Waals surface area contributed by atoms with Crippen LogP contribution in [0.15, 0.2) is 10.9 Å². The van der Waals surface area contributed by atoms with Crippen molar-refractivity contribution in [3.05, 3.63) is 16.6 Å². The van der Waals surface area contributed by atoms with Crippen LogP contribution in [0.1, 0.15) is 32.4 Å². The maximum atomic E-state index is 12.5. The van der Waals surface area contributed by atoms with Crippen LogP contribution in [0.3, 0.4) is 0 Å². The Morgan fingerprint density at radius 1 is 1.52 bits per heavy atom. The molecule has 0 bridgehead atoms. The van der Waals surface area contributed by atoms with Gasteiger partial charge in [0.1, 0.15) is 6.04 Å². The van der Waals surface area contributed by atoms with Gasteiger partial charge in [-0.2, -0.15) is 0 Å². The fourth-order valence-electron chi connectivity index (χ4n) is 2.08. The van der Waals surface area contributed by atoms with Gasteiger partial charge in [-0.15, -0.1) is 11.3 Å². The number of nitrogens with one attached hydrogen (secondary N) is 1. The molecule has 0 unspecified atom stereocenters. The van der Waals surface area contributed by atoms with Crippen molar-refractivity contribution in [2.75, 3.05) is 7.11 Å². The van der Waals surface area contributed by atoms with Crippen LogP contribution in [0, 0.1) is 5.92 Å². The predicted molar refractivity (Wildman–Crippen MR) is 79.9 cm³/mol. The van der Waals surface area contributed by atoms with Crippen LogP contribution in [0.5, 0.6) is 0 Å². The Hall–Kier alpha value is -1.63. The average molecular weight is 311 g/mol. The highest BCUT2D eigenvalue weighted by Crippen LogP contribution is 2.28. The lowest BCUT2D eigenvalue weighted by molar-refractivity contribution is -0.144. The fraction of sp³-hybridized carbons (Fsp3) is 0.643. The summed E-state index contributed by atoms with van der Waals surface area (Å²) in [6, 6.07) is -0.606. The monoisotopic (exact) mass is 311 g/mol. The molecule has 0 spiro atoms. The summed E-state index contributed by atoms with van der Waals surface area (Å²) < 4.78 is 4.75. The predicted octanol–water partition coefficient (Wildman–Crippen LogP) is 2.01. The molecule has 0 radical (unpaired) electrons. The number of aromatic nitrogens is 1. The first-order valence-electron chi connectivity index (χ1n) is 7.05. The molecule has 1 saturated carbocycles. The minimum absolute atomic E-state index is 0.0262. The normalized spacial score (nSPS) is 15.6. The van der Waals surface area contributed by atoms with E-state index >= 15 is 0 Å². The van der Waals surface area contributed by atoms with E-state index in [4.69, 9.17) is 4.74 Å². The van der Waals surface area contributed by atoms with Crippen LogP contribution in [0.4, 0.5) is 4.79 Å². The van der Waals surface area contributed by atoms with Crippen LogP contribution in [-0.4, -0.2) is 41.1 Å². The first-order valence-corrected chi connectivity index (χ1v) is 7.99. The van der Waals surface area contributed by atoms with Gasteiger partial charge >= 0.3 is 12.0 Å². The zero-order valence-corrected chi connectivity index (χ0v) is 13.4. The number of rotatable bonds is 6. The average Bonchev–Trinajstić information content (AvgIpc) is 3.17. The van der Waals surface area contributed by atoms with Gasteiger partial charge in [0.2, 0.25) is 0 Å². The topological polar surface area (TPSA) is 71.5 Å². The lowest BCUT2D eigenvalue weighted by Crippen LogP contribution is -2.51. The smallest absolute Gasteiger partial charge is 0.328 e. The number of esters is 1. The molecule has 1 aliphatic rings. The van der Waals surface area contributed by atoms with E-state index in [0.717, 1.165) is 18.5 Å². The van der Waals surface area contributed by atoms with Gasteiger partial charge in [-0.05, 0) is 18.8 Å². The van der Waals surface area contributed by atoms with Gasteiger partial charge in [-0.3, -0.25) is 0 Å². The van der Waals surface area contributed by atoms with Gasteiger partial charge in [-0.25, -0.2) is 14.6 Å². The molecule has 21 heavy (non-hydrogen) atoms. The van der Waals surface area contributed by atoms with E-state index in [1.165, 1.54) is 18.4 Å². The summed E-state index contributed by atoms with van der Waals surface area (Å²) in [4.78, 5) is 30.2. The summed E-state index contributed by atoms with van der Waals surface area (Å²) in [5, 5.41) is 4.72. The van der Waals surface area contributed by atoms with E-state index in [0.29, 0.717) is 6.54 Å². The van der Waals surface area contributed by atoms with Crippen LogP contribution >= 0.6 is 11.3 Å². The molecule has 2 rings (SSSR count). The summed E-state index contributed by atoms with van der Waals surface area (Å²) in [7, 11) is 1.33. The maximum Gasteiger partial charge on any atom is 0.328 e. The van der Waals surface area contributed by atoms with Crippen LogP contribution in [0.25, 0.3) is 0 Å². The molecule has 0 aliphatic heterocycles. The highest BCUT2D eigenvalue weighted by atomic mass is 32.1. The van der Waals surface area contributed by atoms with Gasteiger partial charge in [-0.1, -0.05) is 13.8 Å². The first kappa shape index (κ1) is 15.8. The summed E-state index contributed by atoms with van der Waals surface area (Å²) >= 11 is 1.51. The molecule has 1 fully saturated rings. The lowest BCUT2D eigenvalue weighted by atomic mass is 10.1. The van der Waals surface area contributed by atoms with Crippen molar-refractivity contribution in [2.24, 2.45) is 5.92 Å². The van der Waals surface area contributed by atoms with Crippen molar-refractivity contribution in [2.45, 2.75) is 45.3 Å². The van der Waals surface area contributed by atoms with Crippen molar-refractivity contribution in [3.8, 4) is 0 Å². The Bertz CT molecular complexity index is 486. The van der Waals surface area contributed by atoms with Crippen molar-refractivity contribution in [1.82, 2.24) is 15.2 Å². The number of hydrogen-bond donors (Lipinski definition) is 1. The highest BCUT2D eigenvalue weighted by molar-refractivity contribution is 7.07. The quantitative estimate of drug-likeness (QED) is 0.816. The van der Waals surface area contributed by atoms with Gasteiger partial charge < -0.3 is 15.0 Å². The molecular weight excluding hydrogens is 290 g/mol. The standard InChI is InChI=1S/C14H21N3O3S/c1-9(2)12(13(18)20-3)16-14(19)17(11-4-5-11)6-10-7-21-8-15-10/h7-9,11-12H,4-6H2,1-3H3,(H,16,19)/t12-/m0/s1. The number of thiazole rings is 1. The van der Waals surface area contributed by atoms with Crippen molar-refractivity contribution in [3.63, 3.8) is 0 Å². The number of carbonyl (C=O) groups is 2.